The zero-order valence-electron chi connectivity index (χ0n) is 54.5. The third-order valence-electron chi connectivity index (χ3n) is 14.0. The zero-order valence-corrected chi connectivity index (χ0v) is 62.2. The standard InChI is InChI=1S/C28H29N3O6S2.C24H25BrN2O5S.C4H4NOS.3C4H9.Sn/c1-28(2,3)30-26(32)31-39(33,34)25-16-20(23-17-38-27(29-23)36-5)11-14-24(25)37-22-8-6-7-19(15-22)18-9-12-21(35-4)13-10-18;1-24(2,3)26-23(28)27-33(29,30)22-15-18(25)10-13-21(22)32-20-7-5-6-17(14-20)16-8-11-19(31-4)12-9-16;1-6-4-5-2-3-7-4;3*1-3-4-2;/h6-17H,1-5H3,(H2,30,31,32);5-15H,1-4H3,(H2,26,27,28);3H,1H3;3*1,3-4H2,2H3;. The Labute approximate surface area is 563 Å². The molecule has 8 rings (SSSR count). The molecule has 0 aliphatic carbocycles. The Hall–Kier alpha value is -6.90. The summed E-state index contributed by atoms with van der Waals surface area (Å²) in [4.78, 5) is 33.5. The van der Waals surface area contributed by atoms with Crippen LogP contribution in [0.15, 0.2) is 158 Å². The van der Waals surface area contributed by atoms with Gasteiger partial charge in [-0.1, -0.05) is 75.8 Å². The van der Waals surface area contributed by atoms with Crippen LogP contribution in [0, 0.1) is 0 Å². The predicted molar refractivity (Wildman–Crippen MR) is 376 cm³/mol. The number of nitrogens with one attached hydrogen (secondary N) is 4. The first kappa shape index (κ1) is 74.1. The fourth-order valence-electron chi connectivity index (χ4n) is 9.51. The van der Waals surface area contributed by atoms with Crippen LogP contribution >= 0.6 is 38.6 Å². The average molecular weight is 1510 g/mol. The summed E-state index contributed by atoms with van der Waals surface area (Å²) in [5.41, 5.74) is 3.45. The molecule has 0 saturated heterocycles. The number of ether oxygens (including phenoxy) is 6. The first-order chi connectivity index (χ1) is 43.7. The fraction of sp³-hybridized carbons (Fsp3) is 0.353. The van der Waals surface area contributed by atoms with Crippen LogP contribution in [-0.2, 0) is 20.0 Å². The van der Waals surface area contributed by atoms with E-state index in [1.807, 2.05) is 77.5 Å². The van der Waals surface area contributed by atoms with Gasteiger partial charge in [0.1, 0.15) is 44.3 Å². The second-order valence-corrected chi connectivity index (χ2v) is 42.5. The molecule has 8 aromatic rings. The quantitative estimate of drug-likeness (QED) is 0.0390. The third kappa shape index (κ3) is 22.4. The molecule has 0 aliphatic heterocycles. The summed E-state index contributed by atoms with van der Waals surface area (Å²) >= 11 is 3.98. The molecule has 92 heavy (non-hydrogen) atoms. The number of hydrogen-bond donors (Lipinski definition) is 4. The van der Waals surface area contributed by atoms with Gasteiger partial charge in [0.05, 0.1) is 27.0 Å². The van der Waals surface area contributed by atoms with E-state index in [1.54, 1.807) is 116 Å². The van der Waals surface area contributed by atoms with E-state index in [4.69, 9.17) is 33.4 Å². The topological polar surface area (TPSA) is 232 Å². The molecule has 2 aromatic heterocycles. The van der Waals surface area contributed by atoms with E-state index < -0.39 is 61.6 Å². The number of rotatable bonds is 25. The molecule has 0 fully saturated rings. The average Bonchev–Trinajstić information content (AvgIpc) is 1.21. The molecule has 24 heteroatoms. The Bertz CT molecular complexity index is 3910. The number of urea groups is 2. The monoisotopic (exact) mass is 1500 g/mol. The van der Waals surface area contributed by atoms with Gasteiger partial charge in [0.15, 0.2) is 0 Å². The molecular formula is C68H85BrN6O12S4Sn. The second kappa shape index (κ2) is 34.3. The Balaban J connectivity index is 0.000000231. The van der Waals surface area contributed by atoms with Gasteiger partial charge in [-0.05, 0) is 149 Å². The van der Waals surface area contributed by atoms with E-state index in [0.717, 1.165) is 38.9 Å². The molecule has 0 unspecified atom stereocenters. The van der Waals surface area contributed by atoms with Crippen LogP contribution in [0.3, 0.4) is 0 Å². The number of amides is 4. The van der Waals surface area contributed by atoms with E-state index >= 15 is 0 Å². The van der Waals surface area contributed by atoms with Crippen molar-refractivity contribution in [3.05, 3.63) is 149 Å². The molecule has 0 radical (unpaired) electrons. The van der Waals surface area contributed by atoms with E-state index in [9.17, 15) is 26.4 Å². The van der Waals surface area contributed by atoms with Crippen LogP contribution < -0.4 is 52.2 Å². The third-order valence-corrected chi connectivity index (χ3v) is 34.5. The summed E-state index contributed by atoms with van der Waals surface area (Å²) < 4.78 is 96.3. The van der Waals surface area contributed by atoms with Gasteiger partial charge in [-0.25, -0.2) is 40.9 Å². The van der Waals surface area contributed by atoms with E-state index in [-0.39, 0.29) is 21.3 Å². The number of halogens is 1. The van der Waals surface area contributed by atoms with Crippen molar-refractivity contribution in [3.8, 4) is 78.4 Å². The summed E-state index contributed by atoms with van der Waals surface area (Å²) in [5, 5.41) is 10.6. The number of aromatic nitrogens is 2. The maximum absolute atomic E-state index is 13.4. The smallest absolute Gasteiger partial charge is 0.329 e. The zero-order chi connectivity index (χ0) is 67.3. The van der Waals surface area contributed by atoms with Crippen molar-refractivity contribution in [3.63, 3.8) is 0 Å². The Morgan fingerprint density at radius 3 is 1.30 bits per heavy atom. The summed E-state index contributed by atoms with van der Waals surface area (Å²) in [6.07, 6.45) is 8.13. The summed E-state index contributed by atoms with van der Waals surface area (Å²) in [5.74, 6) is 2.48. The Kier molecular flexibility index (Phi) is 27.7. The molecule has 2 heterocycles. The molecule has 0 aliphatic rings. The van der Waals surface area contributed by atoms with Gasteiger partial charge in [0, 0.05) is 26.5 Å². The summed E-state index contributed by atoms with van der Waals surface area (Å²) in [6.45, 7) is 17.5. The first-order valence-corrected chi connectivity index (χ1v) is 43.1. The maximum atomic E-state index is 13.4. The maximum Gasteiger partial charge on any atom is 0.329 e. The van der Waals surface area contributed by atoms with Gasteiger partial charge in [0.2, 0.25) is 0 Å². The van der Waals surface area contributed by atoms with Crippen LogP contribution in [-0.4, -0.2) is 96.8 Å². The van der Waals surface area contributed by atoms with Crippen LogP contribution in [0.4, 0.5) is 9.59 Å². The molecule has 4 amide bonds. The van der Waals surface area contributed by atoms with Gasteiger partial charge in [-0.3, -0.25) is 0 Å². The second-order valence-electron chi connectivity index (χ2n) is 23.6. The van der Waals surface area contributed by atoms with Crippen molar-refractivity contribution in [2.45, 2.75) is 135 Å². The molecule has 18 nitrogen and oxygen atoms in total. The van der Waals surface area contributed by atoms with E-state index in [1.165, 1.54) is 98.3 Å². The SMILES string of the molecule is CCC[CH2][Sn]([CH2]CCC)([CH2]CCC)[c]1csc(OC)n1.COc1ccc(-c2cccc(Oc3ccc(-c4csc(OC)n4)cc3S(=O)(=O)NC(=O)NC(C)(C)C)c2)cc1.COc1ccc(-c2cccc(Oc3ccc(Br)cc3S(=O)(=O)NC(=O)NC(C)(C)C)c2)cc1. The minimum absolute atomic E-state index is 0.0453. The van der Waals surface area contributed by atoms with Gasteiger partial charge in [0.25, 0.3) is 25.2 Å². The van der Waals surface area contributed by atoms with Gasteiger partial charge in [-0.15, -0.1) is 0 Å². The number of hydrogen-bond acceptors (Lipinski definition) is 16. The first-order valence-electron chi connectivity index (χ1n) is 30.1. The van der Waals surface area contributed by atoms with Crippen LogP contribution in [0.2, 0.25) is 13.3 Å². The van der Waals surface area contributed by atoms with Gasteiger partial charge in [-0.2, -0.15) is 0 Å². The van der Waals surface area contributed by atoms with Crippen LogP contribution in [0.5, 0.6) is 44.9 Å². The normalized spacial score (nSPS) is 11.6. The van der Waals surface area contributed by atoms with E-state index in [2.05, 4.69) is 62.4 Å². The molecule has 0 saturated carbocycles. The van der Waals surface area contributed by atoms with E-state index in [0.29, 0.717) is 32.4 Å². The Morgan fingerprint density at radius 2 is 0.902 bits per heavy atom. The fourth-order valence-corrected chi connectivity index (χ4v) is 30.6. The Morgan fingerprint density at radius 1 is 0.489 bits per heavy atom. The molecular weight excluding hydrogens is 1420 g/mol. The van der Waals surface area contributed by atoms with Gasteiger partial charge >= 0.3 is 145 Å². The molecule has 494 valence electrons. The van der Waals surface area contributed by atoms with Crippen LogP contribution in [0.1, 0.15) is 101 Å². The molecule has 6 aromatic carbocycles. The molecule has 0 bridgehead atoms. The molecule has 0 atom stereocenters. The minimum Gasteiger partial charge on any atom is -0.497 e. The largest absolute Gasteiger partial charge is 0.497 e. The number of methoxy groups -OCH3 is 4. The van der Waals surface area contributed by atoms with Crippen molar-refractivity contribution in [1.29, 1.82) is 0 Å². The van der Waals surface area contributed by atoms with Gasteiger partial charge < -0.3 is 34.3 Å². The van der Waals surface area contributed by atoms with Crippen molar-refractivity contribution < 1.29 is 54.8 Å². The van der Waals surface area contributed by atoms with Crippen molar-refractivity contribution in [1.82, 2.24) is 30.0 Å². The number of thiazole rings is 2. The number of unbranched alkanes of at least 4 members (excludes halogenated alkanes) is 3. The summed E-state index contributed by atoms with van der Waals surface area (Å²) in [6, 6.07) is 37.2. The summed E-state index contributed by atoms with van der Waals surface area (Å²) in [7, 11) is -2.09. The molecule has 0 spiro atoms. The minimum atomic E-state index is -4.34. The number of sulfonamides is 2. The van der Waals surface area contributed by atoms with Crippen molar-refractivity contribution in [2.24, 2.45) is 0 Å². The molecule has 4 N–H and O–H groups in total. The number of benzene rings is 6. The van der Waals surface area contributed by atoms with Crippen molar-refractivity contribution in [2.75, 3.05) is 28.4 Å². The number of nitrogens with zero attached hydrogens (tertiary/aromatic N) is 2. The predicted octanol–water partition coefficient (Wildman–Crippen LogP) is 17.0. The van der Waals surface area contributed by atoms with Crippen molar-refractivity contribution >= 4 is 92.8 Å². The number of carbonyl (C=O) groups is 2. The van der Waals surface area contributed by atoms with Crippen LogP contribution in [0.25, 0.3) is 33.5 Å². The number of carbonyl (C=O) groups excluding carboxylic acids is 2.